The molecule has 0 spiro atoms. The molecule has 0 bridgehead atoms. The van der Waals surface area contributed by atoms with Crippen LogP contribution in [0.1, 0.15) is 5.56 Å². The summed E-state index contributed by atoms with van der Waals surface area (Å²) in [7, 11) is 0. The maximum absolute atomic E-state index is 12.2. The zero-order valence-electron chi connectivity index (χ0n) is 12.8. The number of anilines is 2. The molecule has 1 aliphatic heterocycles. The van der Waals surface area contributed by atoms with Gasteiger partial charge in [-0.25, -0.2) is 0 Å². The Morgan fingerprint density at radius 1 is 1.23 bits per heavy atom. The minimum atomic E-state index is -0.650. The summed E-state index contributed by atoms with van der Waals surface area (Å²) in [5.41, 5.74) is 13.3. The summed E-state index contributed by atoms with van der Waals surface area (Å²) in [6.07, 6.45) is 0. The third-order valence-corrected chi connectivity index (χ3v) is 3.75. The number of carbonyl (C=O) groups excluding carboxylic acids is 2. The molecule has 0 unspecified atom stereocenters. The van der Waals surface area contributed by atoms with Crippen molar-refractivity contribution in [1.82, 2.24) is 9.80 Å². The predicted molar refractivity (Wildman–Crippen MR) is 86.3 cm³/mol. The molecule has 1 aromatic carbocycles. The maximum atomic E-state index is 12.2. The summed E-state index contributed by atoms with van der Waals surface area (Å²) in [5, 5.41) is 2.58. The average Bonchev–Trinajstić information content (AvgIpc) is 2.50. The van der Waals surface area contributed by atoms with Gasteiger partial charge in [-0.15, -0.1) is 0 Å². The molecule has 1 heterocycles. The van der Waals surface area contributed by atoms with Crippen molar-refractivity contribution in [2.24, 2.45) is 5.73 Å². The highest BCUT2D eigenvalue weighted by molar-refractivity contribution is 6.39. The van der Waals surface area contributed by atoms with E-state index in [0.717, 1.165) is 25.2 Å². The maximum Gasteiger partial charge on any atom is 0.313 e. The highest BCUT2D eigenvalue weighted by atomic mass is 16.2. The van der Waals surface area contributed by atoms with Crippen LogP contribution in [0.25, 0.3) is 0 Å². The summed E-state index contributed by atoms with van der Waals surface area (Å²) in [5.74, 6) is -1.17. The summed E-state index contributed by atoms with van der Waals surface area (Å²) in [4.78, 5) is 28.0. The second-order valence-electron chi connectivity index (χ2n) is 5.47. The third kappa shape index (κ3) is 3.96. The van der Waals surface area contributed by atoms with Crippen LogP contribution < -0.4 is 16.8 Å². The van der Waals surface area contributed by atoms with Crippen LogP contribution in [0.5, 0.6) is 0 Å². The van der Waals surface area contributed by atoms with Gasteiger partial charge in [0.05, 0.1) is 11.4 Å². The van der Waals surface area contributed by atoms with Crippen LogP contribution in [-0.2, 0) is 9.59 Å². The van der Waals surface area contributed by atoms with Crippen molar-refractivity contribution >= 4 is 23.2 Å². The molecule has 1 aliphatic rings. The molecule has 1 fully saturated rings. The van der Waals surface area contributed by atoms with E-state index in [-0.39, 0.29) is 0 Å². The summed E-state index contributed by atoms with van der Waals surface area (Å²) < 4.78 is 0. The highest BCUT2D eigenvalue weighted by Crippen LogP contribution is 2.19. The first-order valence-corrected chi connectivity index (χ1v) is 7.40. The van der Waals surface area contributed by atoms with Crippen molar-refractivity contribution in [3.05, 3.63) is 23.8 Å². The summed E-state index contributed by atoms with van der Waals surface area (Å²) in [6.45, 7) is 5.88. The Labute approximate surface area is 130 Å². The van der Waals surface area contributed by atoms with Gasteiger partial charge in [0.1, 0.15) is 0 Å². The Morgan fingerprint density at radius 2 is 1.91 bits per heavy atom. The molecular weight excluding hydrogens is 282 g/mol. The number of piperazine rings is 1. The van der Waals surface area contributed by atoms with Gasteiger partial charge < -0.3 is 21.7 Å². The van der Waals surface area contributed by atoms with E-state index in [2.05, 4.69) is 10.2 Å². The lowest BCUT2D eigenvalue weighted by molar-refractivity contribution is -0.144. The first-order chi connectivity index (χ1) is 10.5. The number of hydrogen-bond acceptors (Lipinski definition) is 5. The quantitative estimate of drug-likeness (QED) is 0.521. The van der Waals surface area contributed by atoms with Gasteiger partial charge in [-0.2, -0.15) is 0 Å². The van der Waals surface area contributed by atoms with Crippen LogP contribution in [0.15, 0.2) is 18.2 Å². The van der Waals surface area contributed by atoms with Gasteiger partial charge in [0.25, 0.3) is 0 Å². The zero-order chi connectivity index (χ0) is 16.1. The monoisotopic (exact) mass is 305 g/mol. The number of carbonyl (C=O) groups is 2. The van der Waals surface area contributed by atoms with Crippen molar-refractivity contribution in [2.45, 2.75) is 6.92 Å². The van der Waals surface area contributed by atoms with Crippen molar-refractivity contribution < 1.29 is 9.59 Å². The molecule has 7 nitrogen and oxygen atoms in total. The Hall–Kier alpha value is -2.12. The van der Waals surface area contributed by atoms with E-state index in [1.165, 1.54) is 0 Å². The Bertz CT molecular complexity index is 553. The van der Waals surface area contributed by atoms with Crippen LogP contribution in [0.4, 0.5) is 11.4 Å². The molecular formula is C15H23N5O2. The molecule has 0 atom stereocenters. The normalized spacial score (nSPS) is 15.6. The Kier molecular flexibility index (Phi) is 5.35. The number of hydrogen-bond donors (Lipinski definition) is 3. The van der Waals surface area contributed by atoms with E-state index in [0.29, 0.717) is 31.0 Å². The van der Waals surface area contributed by atoms with E-state index in [1.807, 2.05) is 13.0 Å². The second-order valence-corrected chi connectivity index (χ2v) is 5.47. The SMILES string of the molecule is Cc1ccc(NC(=O)C(=O)N2CCN(CCN)CC2)c(N)c1. The third-order valence-electron chi connectivity index (χ3n) is 3.75. The smallest absolute Gasteiger partial charge is 0.313 e. The molecule has 0 aliphatic carbocycles. The summed E-state index contributed by atoms with van der Waals surface area (Å²) in [6, 6.07) is 5.29. The average molecular weight is 305 g/mol. The molecule has 7 heteroatoms. The Morgan fingerprint density at radius 3 is 2.50 bits per heavy atom. The van der Waals surface area contributed by atoms with Crippen LogP contribution in [0.3, 0.4) is 0 Å². The molecule has 2 amide bonds. The fourth-order valence-electron chi connectivity index (χ4n) is 2.47. The number of benzene rings is 1. The molecule has 0 aromatic heterocycles. The number of nitrogens with one attached hydrogen (secondary N) is 1. The van der Waals surface area contributed by atoms with E-state index >= 15 is 0 Å². The molecule has 0 radical (unpaired) electrons. The van der Waals surface area contributed by atoms with Gasteiger partial charge in [0, 0.05) is 39.3 Å². The van der Waals surface area contributed by atoms with Crippen LogP contribution in [0.2, 0.25) is 0 Å². The van der Waals surface area contributed by atoms with Crippen LogP contribution in [0, 0.1) is 6.92 Å². The first-order valence-electron chi connectivity index (χ1n) is 7.40. The molecule has 5 N–H and O–H groups in total. The number of nitrogen functional groups attached to an aromatic ring is 1. The Balaban J connectivity index is 1.91. The number of nitrogens with two attached hydrogens (primary N) is 2. The number of amides is 2. The van der Waals surface area contributed by atoms with Crippen molar-refractivity contribution in [2.75, 3.05) is 50.3 Å². The standard InChI is InChI=1S/C15H23N5O2/c1-11-2-3-13(12(17)10-11)18-14(21)15(22)20-8-6-19(5-4-16)7-9-20/h2-3,10H,4-9,16-17H2,1H3,(H,18,21). The minimum absolute atomic E-state index is 0.453. The van der Waals surface area contributed by atoms with Crippen molar-refractivity contribution in [1.29, 1.82) is 0 Å². The number of aryl methyl sites for hydroxylation is 1. The molecule has 1 aromatic rings. The molecule has 0 saturated carbocycles. The predicted octanol–water partition coefficient (Wildman–Crippen LogP) is -0.381. The first kappa shape index (κ1) is 16.3. The summed E-state index contributed by atoms with van der Waals surface area (Å²) >= 11 is 0. The van der Waals surface area contributed by atoms with Gasteiger partial charge in [-0.05, 0) is 24.6 Å². The lowest BCUT2D eigenvalue weighted by atomic mass is 10.2. The van der Waals surface area contributed by atoms with E-state index < -0.39 is 11.8 Å². The van der Waals surface area contributed by atoms with E-state index in [9.17, 15) is 9.59 Å². The molecule has 2 rings (SSSR count). The van der Waals surface area contributed by atoms with Gasteiger partial charge >= 0.3 is 11.8 Å². The number of nitrogens with zero attached hydrogens (tertiary/aromatic N) is 2. The van der Waals surface area contributed by atoms with Gasteiger partial charge in [0.15, 0.2) is 0 Å². The topological polar surface area (TPSA) is 105 Å². The highest BCUT2D eigenvalue weighted by Gasteiger charge is 2.26. The molecule has 1 saturated heterocycles. The van der Waals surface area contributed by atoms with Crippen molar-refractivity contribution in [3.8, 4) is 0 Å². The molecule has 120 valence electrons. The van der Waals surface area contributed by atoms with E-state index in [1.54, 1.807) is 17.0 Å². The minimum Gasteiger partial charge on any atom is -0.397 e. The van der Waals surface area contributed by atoms with Gasteiger partial charge in [0.2, 0.25) is 0 Å². The van der Waals surface area contributed by atoms with Crippen LogP contribution in [-0.4, -0.2) is 60.9 Å². The zero-order valence-corrected chi connectivity index (χ0v) is 12.8. The van der Waals surface area contributed by atoms with E-state index in [4.69, 9.17) is 11.5 Å². The van der Waals surface area contributed by atoms with Crippen molar-refractivity contribution in [3.63, 3.8) is 0 Å². The second kappa shape index (κ2) is 7.24. The van der Waals surface area contributed by atoms with Crippen LogP contribution >= 0.6 is 0 Å². The largest absolute Gasteiger partial charge is 0.397 e. The van der Waals surface area contributed by atoms with Gasteiger partial charge in [-0.1, -0.05) is 6.07 Å². The lowest BCUT2D eigenvalue weighted by Gasteiger charge is -2.34. The number of rotatable bonds is 3. The lowest BCUT2D eigenvalue weighted by Crippen LogP contribution is -2.52. The molecule has 22 heavy (non-hydrogen) atoms. The fourth-order valence-corrected chi connectivity index (χ4v) is 2.47. The fraction of sp³-hybridized carbons (Fsp3) is 0.467. The van der Waals surface area contributed by atoms with Gasteiger partial charge in [-0.3, -0.25) is 14.5 Å².